The summed E-state index contributed by atoms with van der Waals surface area (Å²) in [7, 11) is 1.91. The van der Waals surface area contributed by atoms with E-state index in [2.05, 4.69) is 10.1 Å². The zero-order valence-electron chi connectivity index (χ0n) is 12.4. The largest absolute Gasteiger partial charge is 0.542 e. The van der Waals surface area contributed by atoms with Crippen molar-refractivity contribution in [3.63, 3.8) is 0 Å². The fourth-order valence-corrected chi connectivity index (χ4v) is 1.50. The lowest BCUT2D eigenvalue weighted by Gasteiger charge is -2.03. The Morgan fingerprint density at radius 1 is 1.42 bits per heavy atom. The molecule has 0 atom stereocenters. The Morgan fingerprint density at radius 3 is 2.42 bits per heavy atom. The number of imidazole rings is 1. The van der Waals surface area contributed by atoms with Gasteiger partial charge in [0.25, 0.3) is 0 Å². The maximum Gasteiger partial charge on any atom is 0.430 e. The molecule has 2 aromatic heterocycles. The number of carboxylic acids is 2. The van der Waals surface area contributed by atoms with E-state index in [0.717, 1.165) is 11.4 Å². The predicted molar refractivity (Wildman–Crippen MR) is 69.9 cm³/mol. The number of carboxylic acid groups (broad SMARTS) is 2. The van der Waals surface area contributed by atoms with Gasteiger partial charge in [-0.3, -0.25) is 4.79 Å². The summed E-state index contributed by atoms with van der Waals surface area (Å²) < 4.78 is 35.0. The van der Waals surface area contributed by atoms with E-state index in [1.807, 2.05) is 23.9 Å². The van der Waals surface area contributed by atoms with Crippen LogP contribution in [0.5, 0.6) is 0 Å². The first kappa shape index (κ1) is 19.1. The average Bonchev–Trinajstić information content (AvgIpc) is 2.91. The number of aliphatic carboxylic acids is 2. The van der Waals surface area contributed by atoms with Crippen molar-refractivity contribution in [2.45, 2.75) is 19.1 Å². The van der Waals surface area contributed by atoms with Gasteiger partial charge in [0, 0.05) is 31.1 Å². The van der Waals surface area contributed by atoms with E-state index in [1.54, 1.807) is 23.3 Å². The van der Waals surface area contributed by atoms with Crippen molar-refractivity contribution >= 4 is 11.9 Å². The van der Waals surface area contributed by atoms with Crippen LogP contribution in [0, 0.1) is 0 Å². The van der Waals surface area contributed by atoms with E-state index < -0.39 is 18.1 Å². The van der Waals surface area contributed by atoms with Crippen LogP contribution in [0.2, 0.25) is 0 Å². The zero-order valence-corrected chi connectivity index (χ0v) is 12.4. The third kappa shape index (κ3) is 6.02. The van der Waals surface area contributed by atoms with Gasteiger partial charge in [-0.15, -0.1) is 0 Å². The summed E-state index contributed by atoms with van der Waals surface area (Å²) in [5.74, 6) is -3.00. The molecule has 0 spiro atoms. The van der Waals surface area contributed by atoms with Crippen LogP contribution in [-0.2, 0) is 23.2 Å². The number of aryl methyl sites for hydroxylation is 2. The molecule has 8 nitrogen and oxygen atoms in total. The second-order valence-corrected chi connectivity index (χ2v) is 4.47. The molecule has 1 N–H and O–H groups in total. The van der Waals surface area contributed by atoms with Gasteiger partial charge in [-0.25, -0.2) is 4.98 Å². The number of nitrogens with zero attached hydrogens (tertiary/aromatic N) is 4. The van der Waals surface area contributed by atoms with Crippen LogP contribution in [-0.4, -0.2) is 37.9 Å². The highest BCUT2D eigenvalue weighted by molar-refractivity contribution is 5.70. The number of alkyl halides is 3. The molecule has 0 aliphatic carbocycles. The van der Waals surface area contributed by atoms with Crippen molar-refractivity contribution in [3.05, 3.63) is 30.9 Å². The predicted octanol–water partition coefficient (Wildman–Crippen LogP) is -0.457. The molecule has 2 aromatic rings. The number of hydrogen-bond donors (Lipinski definition) is 1. The Hall–Kier alpha value is -2.98. The van der Waals surface area contributed by atoms with Crippen molar-refractivity contribution in [1.29, 1.82) is 0 Å². The van der Waals surface area contributed by atoms with Gasteiger partial charge in [0.1, 0.15) is 24.4 Å². The van der Waals surface area contributed by atoms with Crippen LogP contribution < -0.4 is 9.79 Å². The average molecular weight is 346 g/mol. The van der Waals surface area contributed by atoms with Gasteiger partial charge < -0.3 is 19.6 Å². The Morgan fingerprint density at radius 2 is 2.04 bits per heavy atom. The Labute approximate surface area is 133 Å². The van der Waals surface area contributed by atoms with E-state index in [9.17, 15) is 18.0 Å². The van der Waals surface area contributed by atoms with Gasteiger partial charge in [0.2, 0.25) is 0 Å². The molecule has 0 saturated heterocycles. The van der Waals surface area contributed by atoms with Crippen LogP contribution in [0.1, 0.15) is 6.42 Å². The molecular formula is C13H13F3N4O4. The monoisotopic (exact) mass is 346 g/mol. The molecule has 0 aliphatic rings. The number of halogens is 3. The first-order valence-electron chi connectivity index (χ1n) is 6.44. The molecule has 0 radical (unpaired) electrons. The fourth-order valence-electron chi connectivity index (χ4n) is 1.50. The first-order chi connectivity index (χ1) is 11.1. The second kappa shape index (κ2) is 8.04. The summed E-state index contributed by atoms with van der Waals surface area (Å²) >= 11 is 0. The van der Waals surface area contributed by atoms with Crippen molar-refractivity contribution in [2.75, 3.05) is 0 Å². The minimum Gasteiger partial charge on any atom is -0.542 e. The number of rotatable bonds is 4. The molecule has 0 unspecified atom stereocenters. The van der Waals surface area contributed by atoms with Crippen LogP contribution in [0.15, 0.2) is 30.9 Å². The van der Waals surface area contributed by atoms with Gasteiger partial charge in [-0.2, -0.15) is 13.2 Å². The molecular weight excluding hydrogens is 333 g/mol. The molecule has 0 saturated carbocycles. The van der Waals surface area contributed by atoms with E-state index in [1.165, 1.54) is 0 Å². The maximum absolute atomic E-state index is 10.5. The summed E-state index contributed by atoms with van der Waals surface area (Å²) in [6.45, 7) is 0.371. The van der Waals surface area contributed by atoms with Gasteiger partial charge in [-0.1, -0.05) is 4.68 Å². The molecule has 0 bridgehead atoms. The summed E-state index contributed by atoms with van der Waals surface area (Å²) in [6.07, 6.45) is 1.90. The van der Waals surface area contributed by atoms with Crippen molar-refractivity contribution in [3.8, 4) is 11.4 Å². The van der Waals surface area contributed by atoms with E-state index in [4.69, 9.17) is 15.0 Å². The van der Waals surface area contributed by atoms with E-state index in [0.29, 0.717) is 6.54 Å². The number of hydrogen-bond acceptors (Lipinski definition) is 5. The highest BCUT2D eigenvalue weighted by Gasteiger charge is 2.28. The Kier molecular flexibility index (Phi) is 6.38. The first-order valence-corrected chi connectivity index (χ1v) is 6.44. The quantitative estimate of drug-likeness (QED) is 0.750. The summed E-state index contributed by atoms with van der Waals surface area (Å²) in [4.78, 5) is 23.4. The minimum absolute atomic E-state index is 0.0689. The second-order valence-electron chi connectivity index (χ2n) is 4.47. The van der Waals surface area contributed by atoms with E-state index >= 15 is 0 Å². The molecule has 0 fully saturated rings. The molecule has 0 amide bonds. The third-order valence-corrected chi connectivity index (χ3v) is 2.64. The number of carbonyl (C=O) groups is 2. The third-order valence-electron chi connectivity index (χ3n) is 2.64. The topological polar surface area (TPSA) is 112 Å². The summed E-state index contributed by atoms with van der Waals surface area (Å²) in [6, 6.07) is 1.87. The SMILES string of the molecule is Cn1ccnc1-c1cc[n+](CCC(=O)O)nc1.O=C([O-])C(F)(F)F. The standard InChI is InChI=1S/C11H12N4O2.C2HF3O2/c1-14-7-4-12-11(14)9-2-5-15(13-8-9)6-3-10(16)17;3-2(4,5)1(6)7/h2,4-5,7-8H,3,6H2,1H3;(H,6,7). The van der Waals surface area contributed by atoms with Crippen molar-refractivity contribution < 1.29 is 37.7 Å². The lowest BCUT2D eigenvalue weighted by Crippen LogP contribution is -2.38. The Balaban J connectivity index is 0.000000351. The highest BCUT2D eigenvalue weighted by Crippen LogP contribution is 2.13. The molecule has 0 aliphatic heterocycles. The van der Waals surface area contributed by atoms with Gasteiger partial charge >= 0.3 is 12.1 Å². The Bertz CT molecular complexity index is 698. The zero-order chi connectivity index (χ0) is 18.3. The maximum atomic E-state index is 10.5. The molecule has 130 valence electrons. The van der Waals surface area contributed by atoms with Crippen LogP contribution in [0.25, 0.3) is 11.4 Å². The van der Waals surface area contributed by atoms with Gasteiger partial charge in [0.15, 0.2) is 12.7 Å². The van der Waals surface area contributed by atoms with Crippen molar-refractivity contribution in [2.24, 2.45) is 7.05 Å². The normalized spacial score (nSPS) is 10.7. The number of aromatic nitrogens is 4. The smallest absolute Gasteiger partial charge is 0.430 e. The van der Waals surface area contributed by atoms with Crippen LogP contribution in [0.4, 0.5) is 13.2 Å². The minimum atomic E-state index is -5.19. The van der Waals surface area contributed by atoms with Gasteiger partial charge in [0.05, 0.1) is 0 Å². The molecule has 2 heterocycles. The summed E-state index contributed by atoms with van der Waals surface area (Å²) in [5, 5.41) is 21.5. The molecule has 0 aromatic carbocycles. The summed E-state index contributed by atoms with van der Waals surface area (Å²) in [5.41, 5.74) is 0.907. The van der Waals surface area contributed by atoms with Crippen LogP contribution >= 0.6 is 0 Å². The molecule has 2 rings (SSSR count). The van der Waals surface area contributed by atoms with Gasteiger partial charge in [-0.05, 0) is 5.10 Å². The molecule has 24 heavy (non-hydrogen) atoms. The van der Waals surface area contributed by atoms with Crippen molar-refractivity contribution in [1.82, 2.24) is 14.6 Å². The lowest BCUT2D eigenvalue weighted by atomic mass is 10.3. The lowest BCUT2D eigenvalue weighted by molar-refractivity contribution is -0.752. The highest BCUT2D eigenvalue weighted by atomic mass is 19.4. The number of carbonyl (C=O) groups excluding carboxylic acids is 1. The fraction of sp³-hybridized carbons (Fsp3) is 0.308. The van der Waals surface area contributed by atoms with Crippen LogP contribution in [0.3, 0.4) is 0 Å². The molecule has 11 heteroatoms. The van der Waals surface area contributed by atoms with E-state index in [-0.39, 0.29) is 6.42 Å².